The number of benzene rings is 3. The van der Waals surface area contributed by atoms with E-state index in [2.05, 4.69) is 10.6 Å². The average Bonchev–Trinajstić information content (AvgIpc) is 3.35. The first-order valence-corrected chi connectivity index (χ1v) is 12.5. The predicted molar refractivity (Wildman–Crippen MR) is 144 cm³/mol. The Morgan fingerprint density at radius 2 is 1.60 bits per heavy atom. The summed E-state index contributed by atoms with van der Waals surface area (Å²) in [5.74, 6) is -1.36. The van der Waals surface area contributed by atoms with Crippen molar-refractivity contribution in [1.82, 2.24) is 5.32 Å². The molecule has 210 valence electrons. The standard InChI is InChI=1S/C30H27F5N2O3/c1-18(38)27-24-13-23(20-4-2-5-21(12-20)29(39)37-30(15-32,16-33)17-34)25(36-11-3-10-31)14-26(24)40-28(27)19-6-8-22(35)9-7-19/h2,4-9,12-14,36H,3,10-11,15-17H2,1H3,(H,37,39). The third-order valence-corrected chi connectivity index (χ3v) is 6.49. The van der Waals surface area contributed by atoms with Crippen LogP contribution in [0.1, 0.15) is 34.1 Å². The first-order chi connectivity index (χ1) is 19.3. The lowest BCUT2D eigenvalue weighted by Gasteiger charge is -2.25. The number of furan rings is 1. The van der Waals surface area contributed by atoms with Crippen molar-refractivity contribution in [2.75, 3.05) is 38.6 Å². The van der Waals surface area contributed by atoms with Gasteiger partial charge in [-0.1, -0.05) is 12.1 Å². The minimum absolute atomic E-state index is 0.0259. The number of Topliss-reactive ketones (excluding diaryl/α,β-unsaturated/α-hetero) is 1. The van der Waals surface area contributed by atoms with Crippen LogP contribution in [0.4, 0.5) is 27.6 Å². The van der Waals surface area contributed by atoms with Crippen molar-refractivity contribution in [3.8, 4) is 22.5 Å². The molecule has 3 aromatic carbocycles. The molecule has 4 aromatic rings. The summed E-state index contributed by atoms with van der Waals surface area (Å²) in [6.07, 6.45) is 0.218. The summed E-state index contributed by atoms with van der Waals surface area (Å²) in [5.41, 5.74) is 0.401. The van der Waals surface area contributed by atoms with Crippen molar-refractivity contribution in [2.24, 2.45) is 0 Å². The first kappa shape index (κ1) is 28.8. The van der Waals surface area contributed by atoms with E-state index in [1.54, 1.807) is 24.3 Å². The highest BCUT2D eigenvalue weighted by molar-refractivity contribution is 6.13. The Labute approximate surface area is 227 Å². The zero-order valence-corrected chi connectivity index (χ0v) is 21.6. The number of carbonyl (C=O) groups is 2. The lowest BCUT2D eigenvalue weighted by molar-refractivity contribution is 0.0810. The number of rotatable bonds is 12. The third kappa shape index (κ3) is 5.85. The molecule has 0 unspecified atom stereocenters. The lowest BCUT2D eigenvalue weighted by Crippen LogP contribution is -2.54. The Morgan fingerprint density at radius 3 is 2.23 bits per heavy atom. The highest BCUT2D eigenvalue weighted by atomic mass is 19.2. The Kier molecular flexibility index (Phi) is 8.86. The Hall–Kier alpha value is -4.21. The molecule has 0 fully saturated rings. The molecule has 1 aromatic heterocycles. The minimum Gasteiger partial charge on any atom is -0.455 e. The third-order valence-electron chi connectivity index (χ3n) is 6.49. The largest absolute Gasteiger partial charge is 0.455 e. The fourth-order valence-corrected chi connectivity index (χ4v) is 4.32. The van der Waals surface area contributed by atoms with E-state index >= 15 is 0 Å². The van der Waals surface area contributed by atoms with Crippen LogP contribution in [0.15, 0.2) is 65.1 Å². The zero-order valence-electron chi connectivity index (χ0n) is 21.6. The molecule has 0 aliphatic rings. The van der Waals surface area contributed by atoms with Gasteiger partial charge >= 0.3 is 0 Å². The number of fused-ring (bicyclic) bond motifs is 1. The number of hydrogen-bond donors (Lipinski definition) is 2. The molecule has 0 aliphatic carbocycles. The summed E-state index contributed by atoms with van der Waals surface area (Å²) in [6.45, 7) is -3.17. The maximum Gasteiger partial charge on any atom is 0.251 e. The zero-order chi connectivity index (χ0) is 28.9. The van der Waals surface area contributed by atoms with Gasteiger partial charge in [0, 0.05) is 40.4 Å². The van der Waals surface area contributed by atoms with Crippen molar-refractivity contribution < 1.29 is 36.0 Å². The molecule has 0 saturated heterocycles. The number of carbonyl (C=O) groups excluding carboxylic acids is 2. The van der Waals surface area contributed by atoms with Gasteiger partial charge in [0.1, 0.15) is 42.7 Å². The Balaban J connectivity index is 1.85. The Bertz CT molecular complexity index is 1510. The molecule has 10 heteroatoms. The summed E-state index contributed by atoms with van der Waals surface area (Å²) in [6, 6.07) is 14.9. The van der Waals surface area contributed by atoms with Crippen LogP contribution in [0.2, 0.25) is 0 Å². The van der Waals surface area contributed by atoms with Crippen LogP contribution < -0.4 is 10.6 Å². The second-order valence-electron chi connectivity index (χ2n) is 9.45. The van der Waals surface area contributed by atoms with E-state index in [0.29, 0.717) is 33.3 Å². The van der Waals surface area contributed by atoms with Gasteiger partial charge in [0.2, 0.25) is 0 Å². The first-order valence-electron chi connectivity index (χ1n) is 12.5. The number of alkyl halides is 4. The van der Waals surface area contributed by atoms with Gasteiger partial charge in [-0.3, -0.25) is 14.0 Å². The van der Waals surface area contributed by atoms with Gasteiger partial charge in [-0.25, -0.2) is 17.6 Å². The van der Waals surface area contributed by atoms with Crippen LogP contribution in [-0.2, 0) is 0 Å². The highest BCUT2D eigenvalue weighted by Crippen LogP contribution is 2.40. The molecule has 0 atom stereocenters. The fourth-order valence-electron chi connectivity index (χ4n) is 4.32. The van der Waals surface area contributed by atoms with Crippen LogP contribution >= 0.6 is 0 Å². The van der Waals surface area contributed by atoms with Crippen molar-refractivity contribution in [1.29, 1.82) is 0 Å². The monoisotopic (exact) mass is 558 g/mol. The highest BCUT2D eigenvalue weighted by Gasteiger charge is 2.33. The summed E-state index contributed by atoms with van der Waals surface area (Å²) in [4.78, 5) is 25.6. The average molecular weight is 559 g/mol. The van der Waals surface area contributed by atoms with Crippen molar-refractivity contribution in [3.05, 3.63) is 77.6 Å². The van der Waals surface area contributed by atoms with Crippen molar-refractivity contribution in [3.63, 3.8) is 0 Å². The molecule has 1 amide bonds. The fraction of sp³-hybridized carbons (Fsp3) is 0.267. The smallest absolute Gasteiger partial charge is 0.251 e. The molecule has 5 nitrogen and oxygen atoms in total. The number of halogens is 5. The van der Waals surface area contributed by atoms with Gasteiger partial charge in [-0.2, -0.15) is 0 Å². The molecule has 2 N–H and O–H groups in total. The number of anilines is 1. The molecular formula is C30H27F5N2O3. The van der Waals surface area contributed by atoms with E-state index in [1.165, 1.54) is 43.3 Å². The second-order valence-corrected chi connectivity index (χ2v) is 9.45. The van der Waals surface area contributed by atoms with E-state index < -0.39 is 44.0 Å². The number of nitrogens with one attached hydrogen (secondary N) is 2. The van der Waals surface area contributed by atoms with E-state index in [1.807, 2.05) is 0 Å². The van der Waals surface area contributed by atoms with Crippen LogP contribution in [0.25, 0.3) is 33.4 Å². The molecule has 0 aliphatic heterocycles. The van der Waals surface area contributed by atoms with Gasteiger partial charge in [0.15, 0.2) is 5.78 Å². The maximum atomic E-state index is 13.5. The lowest BCUT2D eigenvalue weighted by atomic mass is 9.96. The Morgan fingerprint density at radius 1 is 0.900 bits per heavy atom. The van der Waals surface area contributed by atoms with Crippen molar-refractivity contribution >= 4 is 28.3 Å². The van der Waals surface area contributed by atoms with Crippen molar-refractivity contribution in [2.45, 2.75) is 18.9 Å². The number of hydrogen-bond acceptors (Lipinski definition) is 4. The molecule has 0 radical (unpaired) electrons. The number of amides is 1. The van der Waals surface area contributed by atoms with Crippen LogP contribution in [0.3, 0.4) is 0 Å². The summed E-state index contributed by atoms with van der Waals surface area (Å²) >= 11 is 0. The molecule has 40 heavy (non-hydrogen) atoms. The molecule has 0 spiro atoms. The SMILES string of the molecule is CC(=O)c1c(-c2ccc(F)cc2)oc2cc(NCCCF)c(-c3cccc(C(=O)NC(CF)(CF)CF)c3)cc12. The van der Waals surface area contributed by atoms with Crippen LogP contribution in [0, 0.1) is 5.82 Å². The van der Waals surface area contributed by atoms with Crippen LogP contribution in [0.5, 0.6) is 0 Å². The molecule has 1 heterocycles. The van der Waals surface area contributed by atoms with Gasteiger partial charge < -0.3 is 15.1 Å². The normalized spacial score (nSPS) is 11.6. The van der Waals surface area contributed by atoms with Gasteiger partial charge in [0.05, 0.1) is 12.2 Å². The van der Waals surface area contributed by atoms with Crippen LogP contribution in [-0.4, -0.2) is 50.5 Å². The molecule has 0 bridgehead atoms. The van der Waals surface area contributed by atoms with E-state index in [-0.39, 0.29) is 35.6 Å². The topological polar surface area (TPSA) is 71.3 Å². The number of ketones is 1. The summed E-state index contributed by atoms with van der Waals surface area (Å²) in [7, 11) is 0. The van der Waals surface area contributed by atoms with Gasteiger partial charge in [-0.05, 0) is 61.4 Å². The second kappa shape index (κ2) is 12.3. The molecule has 4 rings (SSSR count). The summed E-state index contributed by atoms with van der Waals surface area (Å²) in [5, 5.41) is 5.70. The quantitative estimate of drug-likeness (QED) is 0.109. The van der Waals surface area contributed by atoms with E-state index in [9.17, 15) is 31.5 Å². The van der Waals surface area contributed by atoms with E-state index in [4.69, 9.17) is 4.42 Å². The summed E-state index contributed by atoms with van der Waals surface area (Å²) < 4.78 is 72.5. The van der Waals surface area contributed by atoms with Gasteiger partial charge in [-0.15, -0.1) is 0 Å². The van der Waals surface area contributed by atoms with Gasteiger partial charge in [0.25, 0.3) is 5.91 Å². The molecule has 0 saturated carbocycles. The predicted octanol–water partition coefficient (Wildman–Crippen LogP) is 7.26. The molecular weight excluding hydrogens is 531 g/mol. The van der Waals surface area contributed by atoms with E-state index in [0.717, 1.165) is 0 Å². The minimum atomic E-state index is -2.27. The maximum absolute atomic E-state index is 13.5.